The highest BCUT2D eigenvalue weighted by atomic mass is 16.4. The molecule has 1 aromatic rings. The van der Waals surface area contributed by atoms with Crippen molar-refractivity contribution in [1.82, 2.24) is 0 Å². The van der Waals surface area contributed by atoms with E-state index in [-0.39, 0.29) is 11.7 Å². The van der Waals surface area contributed by atoms with Crippen molar-refractivity contribution in [1.29, 1.82) is 0 Å². The van der Waals surface area contributed by atoms with Gasteiger partial charge in [-0.25, -0.2) is 4.79 Å². The number of carboxylic acids is 1. The summed E-state index contributed by atoms with van der Waals surface area (Å²) in [5, 5.41) is 18.9. The van der Waals surface area contributed by atoms with Crippen LogP contribution in [0.25, 0.3) is 0 Å². The lowest BCUT2D eigenvalue weighted by molar-refractivity contribution is 0.0660. The Morgan fingerprint density at radius 2 is 2.05 bits per heavy atom. The zero-order valence-corrected chi connectivity index (χ0v) is 12.0. The van der Waals surface area contributed by atoms with Gasteiger partial charge >= 0.3 is 5.97 Å². The van der Waals surface area contributed by atoms with E-state index in [2.05, 4.69) is 19.9 Å². The largest absolute Gasteiger partial charge is 0.475 e. The third-order valence-electron chi connectivity index (χ3n) is 3.72. The third kappa shape index (κ3) is 3.02. The topological polar surface area (TPSA) is 70.7 Å². The van der Waals surface area contributed by atoms with E-state index in [9.17, 15) is 9.90 Å². The molecular weight excluding hydrogens is 256 g/mol. The van der Waals surface area contributed by atoms with Crippen molar-refractivity contribution in [2.24, 2.45) is 11.8 Å². The van der Waals surface area contributed by atoms with Gasteiger partial charge in [0, 0.05) is 12.3 Å². The number of aromatic carboxylic acids is 1. The first-order valence-electron chi connectivity index (χ1n) is 6.78. The molecule has 20 heavy (non-hydrogen) atoms. The van der Waals surface area contributed by atoms with E-state index in [4.69, 9.17) is 9.52 Å². The van der Waals surface area contributed by atoms with Gasteiger partial charge in [-0.3, -0.25) is 0 Å². The van der Waals surface area contributed by atoms with Gasteiger partial charge in [0.1, 0.15) is 5.76 Å². The van der Waals surface area contributed by atoms with E-state index in [0.29, 0.717) is 18.1 Å². The molecule has 0 radical (unpaired) electrons. The van der Waals surface area contributed by atoms with Crippen LogP contribution in [-0.4, -0.2) is 22.3 Å². The molecule has 0 fully saturated rings. The van der Waals surface area contributed by atoms with E-state index < -0.39 is 12.1 Å². The van der Waals surface area contributed by atoms with Crippen molar-refractivity contribution in [3.05, 3.63) is 47.0 Å². The minimum Gasteiger partial charge on any atom is -0.475 e. The molecule has 0 aromatic carbocycles. The second-order valence-corrected chi connectivity index (χ2v) is 5.60. The molecule has 2 N–H and O–H groups in total. The van der Waals surface area contributed by atoms with Gasteiger partial charge in [0.05, 0.1) is 6.10 Å². The highest BCUT2D eigenvalue weighted by Gasteiger charge is 2.24. The average molecular weight is 276 g/mol. The second kappa shape index (κ2) is 5.67. The first-order chi connectivity index (χ1) is 9.38. The van der Waals surface area contributed by atoms with Gasteiger partial charge < -0.3 is 14.6 Å². The number of carboxylic acid groups (broad SMARTS) is 1. The van der Waals surface area contributed by atoms with Crippen LogP contribution in [0.1, 0.15) is 37.1 Å². The number of hydrogen-bond donors (Lipinski definition) is 2. The van der Waals surface area contributed by atoms with Gasteiger partial charge in [-0.1, -0.05) is 26.0 Å². The highest BCUT2D eigenvalue weighted by molar-refractivity contribution is 5.84. The van der Waals surface area contributed by atoms with Crippen LogP contribution >= 0.6 is 0 Å². The normalized spacial score (nSPS) is 22.6. The van der Waals surface area contributed by atoms with Crippen LogP contribution in [0.2, 0.25) is 0 Å². The fraction of sp³-hybridized carbons (Fsp3) is 0.438. The first-order valence-corrected chi connectivity index (χ1v) is 6.78. The minimum atomic E-state index is -1.06. The molecule has 0 saturated carbocycles. The van der Waals surface area contributed by atoms with Gasteiger partial charge in [-0.15, -0.1) is 0 Å². The molecule has 0 aliphatic heterocycles. The number of furan rings is 1. The van der Waals surface area contributed by atoms with Crippen molar-refractivity contribution < 1.29 is 19.4 Å². The maximum absolute atomic E-state index is 10.8. The standard InChI is InChI=1S/C16H20O4/c1-9(2)13-8-11(10(3)6-14(13)17)7-12-4-5-15(20-12)16(18)19/h4-6,8-9,13-14,17H,7H2,1-3H3,(H,18,19). The molecule has 108 valence electrons. The van der Waals surface area contributed by atoms with Crippen molar-refractivity contribution in [3.63, 3.8) is 0 Å². The summed E-state index contributed by atoms with van der Waals surface area (Å²) in [7, 11) is 0. The zero-order chi connectivity index (χ0) is 14.9. The molecule has 2 unspecified atom stereocenters. The summed E-state index contributed by atoms with van der Waals surface area (Å²) >= 11 is 0. The molecule has 0 saturated heterocycles. The fourth-order valence-corrected chi connectivity index (χ4v) is 2.50. The second-order valence-electron chi connectivity index (χ2n) is 5.60. The SMILES string of the molecule is CC1=CC(O)C(C(C)C)C=C1Cc1ccc(C(=O)O)o1. The summed E-state index contributed by atoms with van der Waals surface area (Å²) < 4.78 is 5.29. The molecule has 1 aromatic heterocycles. The number of allylic oxidation sites excluding steroid dienone is 2. The average Bonchev–Trinajstić information content (AvgIpc) is 2.80. The summed E-state index contributed by atoms with van der Waals surface area (Å²) in [6, 6.07) is 3.15. The number of aliphatic hydroxyl groups excluding tert-OH is 1. The maximum Gasteiger partial charge on any atom is 0.371 e. The van der Waals surface area contributed by atoms with Crippen LogP contribution in [0.5, 0.6) is 0 Å². The van der Waals surface area contributed by atoms with E-state index in [1.54, 1.807) is 6.07 Å². The Morgan fingerprint density at radius 3 is 2.60 bits per heavy atom. The Morgan fingerprint density at radius 1 is 1.35 bits per heavy atom. The number of aliphatic hydroxyl groups is 1. The van der Waals surface area contributed by atoms with E-state index in [1.165, 1.54) is 6.07 Å². The molecule has 0 spiro atoms. The summed E-state index contributed by atoms with van der Waals surface area (Å²) in [6.45, 7) is 6.10. The molecule has 0 bridgehead atoms. The molecule has 1 aliphatic rings. The van der Waals surface area contributed by atoms with E-state index in [1.807, 2.05) is 13.0 Å². The fourth-order valence-electron chi connectivity index (χ4n) is 2.50. The number of rotatable bonds is 4. The summed E-state index contributed by atoms with van der Waals surface area (Å²) in [5.41, 5.74) is 2.10. The predicted octanol–water partition coefficient (Wildman–Crippen LogP) is 3.04. The number of hydrogen-bond acceptors (Lipinski definition) is 3. The van der Waals surface area contributed by atoms with Crippen LogP contribution in [0.15, 0.2) is 39.8 Å². The smallest absolute Gasteiger partial charge is 0.371 e. The van der Waals surface area contributed by atoms with Crippen LogP contribution in [0, 0.1) is 11.8 Å². The highest BCUT2D eigenvalue weighted by Crippen LogP contribution is 2.30. The lowest BCUT2D eigenvalue weighted by Crippen LogP contribution is -2.25. The lowest BCUT2D eigenvalue weighted by atomic mass is 9.81. The van der Waals surface area contributed by atoms with Gasteiger partial charge in [-0.2, -0.15) is 0 Å². The zero-order valence-electron chi connectivity index (χ0n) is 12.0. The monoisotopic (exact) mass is 276 g/mol. The van der Waals surface area contributed by atoms with Crippen LogP contribution in [0.3, 0.4) is 0 Å². The van der Waals surface area contributed by atoms with Gasteiger partial charge in [0.2, 0.25) is 5.76 Å². The molecule has 1 aliphatic carbocycles. The molecule has 4 heteroatoms. The molecular formula is C16H20O4. The van der Waals surface area contributed by atoms with E-state index >= 15 is 0 Å². The summed E-state index contributed by atoms with van der Waals surface area (Å²) in [5.74, 6) is -0.0477. The Labute approximate surface area is 118 Å². The van der Waals surface area contributed by atoms with Crippen molar-refractivity contribution >= 4 is 5.97 Å². The quantitative estimate of drug-likeness (QED) is 0.886. The Balaban J connectivity index is 2.20. The molecule has 4 nitrogen and oxygen atoms in total. The van der Waals surface area contributed by atoms with Gasteiger partial charge in [-0.05, 0) is 36.1 Å². The van der Waals surface area contributed by atoms with E-state index in [0.717, 1.165) is 11.1 Å². The third-order valence-corrected chi connectivity index (χ3v) is 3.72. The van der Waals surface area contributed by atoms with Crippen molar-refractivity contribution in [3.8, 4) is 0 Å². The summed E-state index contributed by atoms with van der Waals surface area (Å²) in [6.07, 6.45) is 4.03. The van der Waals surface area contributed by atoms with Crippen molar-refractivity contribution in [2.75, 3.05) is 0 Å². The van der Waals surface area contributed by atoms with Crippen LogP contribution in [0.4, 0.5) is 0 Å². The number of carbonyl (C=O) groups is 1. The molecule has 2 rings (SSSR count). The predicted molar refractivity (Wildman–Crippen MR) is 75.5 cm³/mol. The molecule has 2 atom stereocenters. The Hall–Kier alpha value is -1.81. The minimum absolute atomic E-state index is 0.0431. The Kier molecular flexibility index (Phi) is 4.14. The summed E-state index contributed by atoms with van der Waals surface area (Å²) in [4.78, 5) is 10.8. The van der Waals surface area contributed by atoms with Gasteiger partial charge in [0.25, 0.3) is 0 Å². The molecule has 0 amide bonds. The lowest BCUT2D eigenvalue weighted by Gasteiger charge is -2.27. The Bertz CT molecular complexity index is 563. The first kappa shape index (κ1) is 14.6. The maximum atomic E-state index is 10.8. The van der Waals surface area contributed by atoms with Crippen LogP contribution < -0.4 is 0 Å². The van der Waals surface area contributed by atoms with Gasteiger partial charge in [0.15, 0.2) is 0 Å². The van der Waals surface area contributed by atoms with Crippen LogP contribution in [-0.2, 0) is 6.42 Å². The van der Waals surface area contributed by atoms with Crippen molar-refractivity contribution in [2.45, 2.75) is 33.3 Å². The molecule has 1 heterocycles.